The fourth-order valence-corrected chi connectivity index (χ4v) is 7.36. The van der Waals surface area contributed by atoms with Gasteiger partial charge in [0.15, 0.2) is 11.4 Å². The fourth-order valence-electron chi connectivity index (χ4n) is 6.54. The Hall–Kier alpha value is -3.55. The van der Waals surface area contributed by atoms with E-state index in [1.54, 1.807) is 25.3 Å². The quantitative estimate of drug-likeness (QED) is 0.216. The largest absolute Gasteiger partial charge is 0.497 e. The molecule has 2 atom stereocenters. The minimum atomic E-state index is -0.149. The van der Waals surface area contributed by atoms with E-state index in [4.69, 9.17) is 39.5 Å². The average Bonchev–Trinajstić information content (AvgIpc) is 3.23. The van der Waals surface area contributed by atoms with Gasteiger partial charge in [0.2, 0.25) is 5.91 Å². The number of quaternary nitrogens is 1. The minimum Gasteiger partial charge on any atom is -0.497 e. The highest BCUT2D eigenvalue weighted by Gasteiger charge is 2.42. The lowest BCUT2D eigenvalue weighted by Crippen LogP contribution is -3.08. The van der Waals surface area contributed by atoms with Crippen LogP contribution in [0, 0.1) is 0 Å². The smallest absolute Gasteiger partial charge is 0.428 e. The molecule has 6 rings (SSSR count). The maximum Gasteiger partial charge on any atom is 0.428 e. The first-order valence-corrected chi connectivity index (χ1v) is 16.4. The van der Waals surface area contributed by atoms with Crippen LogP contribution in [-0.2, 0) is 17.9 Å². The number of hydrogen-bond acceptors (Lipinski definition) is 3. The number of likely N-dealkylation sites (tertiary alicyclic amines) is 1. The Bertz CT molecular complexity index is 1720. The predicted molar refractivity (Wildman–Crippen MR) is 180 cm³/mol. The number of nitrogens with one attached hydrogen (secondary N) is 1. The molecule has 3 amide bonds. The van der Waals surface area contributed by atoms with Crippen LogP contribution in [0.5, 0.6) is 5.75 Å². The van der Waals surface area contributed by atoms with Gasteiger partial charge in [0.05, 0.1) is 20.2 Å². The zero-order chi connectivity index (χ0) is 31.7. The molecule has 0 spiro atoms. The molecule has 6 nitrogen and oxygen atoms in total. The Morgan fingerprint density at radius 2 is 1.56 bits per heavy atom. The van der Waals surface area contributed by atoms with Gasteiger partial charge >= 0.3 is 6.03 Å². The number of nitrogens with zero attached hydrogens (tertiary/aromatic N) is 2. The zero-order valence-electron chi connectivity index (χ0n) is 25.3. The summed E-state index contributed by atoms with van der Waals surface area (Å²) in [6, 6.07) is 25.0. The van der Waals surface area contributed by atoms with Gasteiger partial charge in [-0.2, -0.15) is 4.90 Å². The number of methoxy groups -OCH3 is 1. The van der Waals surface area contributed by atoms with Crippen molar-refractivity contribution in [2.45, 2.75) is 45.2 Å². The molecule has 2 aliphatic heterocycles. The number of benzene rings is 4. The molecule has 2 unspecified atom stereocenters. The van der Waals surface area contributed by atoms with Gasteiger partial charge < -0.3 is 9.64 Å². The lowest BCUT2D eigenvalue weighted by atomic mass is 9.86. The Morgan fingerprint density at radius 3 is 2.24 bits per heavy atom. The molecule has 0 radical (unpaired) electrons. The van der Waals surface area contributed by atoms with Crippen LogP contribution in [0.25, 0.3) is 11.1 Å². The summed E-state index contributed by atoms with van der Waals surface area (Å²) in [7, 11) is 1.63. The van der Waals surface area contributed by atoms with Crippen LogP contribution in [0.4, 0.5) is 16.2 Å². The Balaban J connectivity index is 1.54. The van der Waals surface area contributed by atoms with Gasteiger partial charge in [0.25, 0.3) is 0 Å². The number of urea groups is 1. The molecular weight excluding hydrogens is 629 g/mol. The first-order chi connectivity index (χ1) is 21.8. The number of hydrogen-bond donors (Lipinski definition) is 1. The van der Waals surface area contributed by atoms with Gasteiger partial charge in [0, 0.05) is 41.7 Å². The van der Waals surface area contributed by atoms with Crippen LogP contribution in [0.15, 0.2) is 78.9 Å². The Kier molecular flexibility index (Phi) is 9.39. The van der Waals surface area contributed by atoms with E-state index < -0.39 is 0 Å². The summed E-state index contributed by atoms with van der Waals surface area (Å²) in [5.74, 6) is 1.07. The molecule has 2 heterocycles. The first-order valence-electron chi connectivity index (χ1n) is 15.2. The summed E-state index contributed by atoms with van der Waals surface area (Å²) in [6.45, 7) is 4.17. The molecule has 2 aliphatic rings. The zero-order valence-corrected chi connectivity index (χ0v) is 27.6. The van der Waals surface area contributed by atoms with Crippen LogP contribution in [0.1, 0.15) is 48.8 Å². The maximum atomic E-state index is 14.6. The number of carbonyl (C=O) groups is 2. The van der Waals surface area contributed by atoms with Crippen molar-refractivity contribution in [1.29, 1.82) is 0 Å². The van der Waals surface area contributed by atoms with Gasteiger partial charge in [-0.1, -0.05) is 77.3 Å². The number of fused-ring (bicyclic) bond motifs is 1. The van der Waals surface area contributed by atoms with Crippen molar-refractivity contribution in [2.75, 3.05) is 20.2 Å². The fraction of sp³-hybridized carbons (Fsp3) is 0.278. The normalized spacial score (nSPS) is 18.5. The van der Waals surface area contributed by atoms with Crippen LogP contribution < -0.4 is 9.64 Å². The summed E-state index contributed by atoms with van der Waals surface area (Å²) < 4.78 is 5.34. The highest BCUT2D eigenvalue weighted by molar-refractivity contribution is 6.38. The standard InChI is InChI=1S/C36H34Cl3N3O3/c1-3-40-18-17-24(13-16-34(40)43)25-19-28(27-7-4-5-8-30(27)37)29-22-41(21-23-11-14-26(45-2)15-12-23)36(44)42(33(29)20-25)35-31(38)9-6-10-32(35)39/h4-12,14-15,19-20,24H,3,13,16-18,21-22H2,1-2H3/p+1. The van der Waals surface area contributed by atoms with Crippen LogP contribution in [-0.4, -0.2) is 41.9 Å². The Morgan fingerprint density at radius 1 is 0.844 bits per heavy atom. The molecule has 4 aromatic carbocycles. The number of para-hydroxylation sites is 1. The van der Waals surface area contributed by atoms with Crippen molar-refractivity contribution < 1.29 is 19.2 Å². The van der Waals surface area contributed by atoms with Crippen molar-refractivity contribution in [1.82, 2.24) is 9.80 Å². The minimum absolute atomic E-state index is 0.132. The maximum absolute atomic E-state index is 14.6. The molecule has 45 heavy (non-hydrogen) atoms. The van der Waals surface area contributed by atoms with Crippen molar-refractivity contribution >= 4 is 58.1 Å². The van der Waals surface area contributed by atoms with Crippen LogP contribution >= 0.6 is 34.8 Å². The third-order valence-corrected chi connectivity index (χ3v) is 9.92. The monoisotopic (exact) mass is 662 g/mol. The second kappa shape index (κ2) is 13.4. The van der Waals surface area contributed by atoms with E-state index in [2.05, 4.69) is 12.1 Å². The Labute approximate surface area is 279 Å². The summed E-state index contributed by atoms with van der Waals surface area (Å²) in [5, 5.41) is 1.44. The topological polar surface area (TPSA) is 54.3 Å². The third-order valence-electron chi connectivity index (χ3n) is 8.96. The summed E-state index contributed by atoms with van der Waals surface area (Å²) in [5.41, 5.74) is 6.19. The molecule has 0 saturated carbocycles. The number of carbonyl (C=O) groups excluding carboxylic acids is 2. The van der Waals surface area contributed by atoms with E-state index in [1.165, 1.54) is 0 Å². The predicted octanol–water partition coefficient (Wildman–Crippen LogP) is 8.42. The number of rotatable bonds is 7. The molecule has 0 aromatic heterocycles. The SMILES string of the molecule is CCN1CCC(c2cc(-c3ccccc3Cl)c3c(c2)[NH+](c2c(Cl)cccc2Cl)C(=O)N(Cc2ccc(OC)cc2)C3)CCC1=O. The molecule has 1 N–H and O–H groups in total. The van der Waals surface area contributed by atoms with Gasteiger partial charge in [-0.25, -0.2) is 4.79 Å². The molecular formula is C36H35Cl3N3O3+. The number of amides is 3. The molecule has 0 aliphatic carbocycles. The lowest BCUT2D eigenvalue weighted by molar-refractivity contribution is -0.673. The van der Waals surface area contributed by atoms with E-state index >= 15 is 0 Å². The lowest BCUT2D eigenvalue weighted by Gasteiger charge is -2.35. The number of halogens is 3. The molecule has 4 aromatic rings. The van der Waals surface area contributed by atoms with Crippen LogP contribution in [0.3, 0.4) is 0 Å². The van der Waals surface area contributed by atoms with Crippen molar-refractivity contribution in [3.05, 3.63) is 111 Å². The molecule has 9 heteroatoms. The van der Waals surface area contributed by atoms with Gasteiger partial charge in [0.1, 0.15) is 15.8 Å². The van der Waals surface area contributed by atoms with E-state index in [1.807, 2.05) is 65.3 Å². The summed E-state index contributed by atoms with van der Waals surface area (Å²) in [6.07, 6.45) is 2.05. The second-order valence-electron chi connectivity index (χ2n) is 11.6. The first kappa shape index (κ1) is 31.4. The van der Waals surface area contributed by atoms with Gasteiger partial charge in [-0.05, 0) is 72.7 Å². The summed E-state index contributed by atoms with van der Waals surface area (Å²) >= 11 is 20.5. The van der Waals surface area contributed by atoms with Crippen molar-refractivity contribution in [3.63, 3.8) is 0 Å². The van der Waals surface area contributed by atoms with Gasteiger partial charge in [-0.3, -0.25) is 9.69 Å². The van der Waals surface area contributed by atoms with E-state index in [9.17, 15) is 9.59 Å². The molecule has 0 bridgehead atoms. The van der Waals surface area contributed by atoms with E-state index in [0.29, 0.717) is 58.3 Å². The molecule has 1 saturated heterocycles. The number of ether oxygens (including phenoxy) is 1. The highest BCUT2D eigenvalue weighted by atomic mass is 35.5. The van der Waals surface area contributed by atoms with Crippen molar-refractivity contribution in [2.24, 2.45) is 0 Å². The average molecular weight is 664 g/mol. The van der Waals surface area contributed by atoms with Gasteiger partial charge in [-0.15, -0.1) is 0 Å². The third kappa shape index (κ3) is 6.30. The van der Waals surface area contributed by atoms with E-state index in [0.717, 1.165) is 52.1 Å². The molecule has 232 valence electrons. The summed E-state index contributed by atoms with van der Waals surface area (Å²) in [4.78, 5) is 31.6. The molecule has 1 fully saturated rings. The second-order valence-corrected chi connectivity index (χ2v) is 12.8. The van der Waals surface area contributed by atoms with Crippen molar-refractivity contribution in [3.8, 4) is 16.9 Å². The highest BCUT2D eigenvalue weighted by Crippen LogP contribution is 2.41. The van der Waals surface area contributed by atoms with E-state index in [-0.39, 0.29) is 17.9 Å². The van der Waals surface area contributed by atoms with Crippen LogP contribution in [0.2, 0.25) is 15.1 Å².